The maximum absolute atomic E-state index is 12.9. The number of likely N-dealkylation sites (tertiary alicyclic amines) is 1. The Morgan fingerprint density at radius 2 is 1.96 bits per heavy atom. The minimum Gasteiger partial charge on any atom is -0.385 e. The molecule has 27 heavy (non-hydrogen) atoms. The van der Waals surface area contributed by atoms with Gasteiger partial charge < -0.3 is 15.3 Å². The monoisotopic (exact) mass is 382 g/mol. The first-order chi connectivity index (χ1) is 12.6. The molecule has 2 aromatic rings. The zero-order valence-electron chi connectivity index (χ0n) is 15.0. The minimum atomic E-state index is -4.46. The Kier molecular flexibility index (Phi) is 4.90. The van der Waals surface area contributed by atoms with E-state index in [4.69, 9.17) is 0 Å². The summed E-state index contributed by atoms with van der Waals surface area (Å²) >= 11 is 0. The Morgan fingerprint density at radius 3 is 2.52 bits per heavy atom. The summed E-state index contributed by atoms with van der Waals surface area (Å²) in [5, 5.41) is 17.7. The molecule has 2 amide bonds. The van der Waals surface area contributed by atoms with Crippen molar-refractivity contribution in [3.05, 3.63) is 47.3 Å². The number of piperidine rings is 1. The molecular formula is C18H21F3N4O2. The molecule has 2 heterocycles. The number of anilines is 1. The topological polar surface area (TPSA) is 70.4 Å². The van der Waals surface area contributed by atoms with E-state index >= 15 is 0 Å². The van der Waals surface area contributed by atoms with Crippen LogP contribution in [0.4, 0.5) is 23.7 Å². The lowest BCUT2D eigenvalue weighted by Crippen LogP contribution is -2.46. The second-order valence-corrected chi connectivity index (χ2v) is 6.79. The Labute approximate surface area is 154 Å². The number of benzene rings is 1. The fraction of sp³-hybridized carbons (Fsp3) is 0.444. The van der Waals surface area contributed by atoms with E-state index in [1.165, 1.54) is 17.0 Å². The van der Waals surface area contributed by atoms with E-state index in [1.54, 1.807) is 17.9 Å². The molecule has 1 aromatic carbocycles. The summed E-state index contributed by atoms with van der Waals surface area (Å²) in [7, 11) is 1.76. The van der Waals surface area contributed by atoms with E-state index in [-0.39, 0.29) is 37.5 Å². The number of rotatable bonds is 2. The number of carbonyl (C=O) groups is 1. The number of hydrogen-bond acceptors (Lipinski definition) is 3. The number of aliphatic hydroxyl groups is 1. The lowest BCUT2D eigenvalue weighted by Gasteiger charge is -2.38. The van der Waals surface area contributed by atoms with Crippen molar-refractivity contribution in [1.29, 1.82) is 0 Å². The van der Waals surface area contributed by atoms with Crippen LogP contribution in [0.25, 0.3) is 0 Å². The van der Waals surface area contributed by atoms with Crippen LogP contribution in [0, 0.1) is 6.92 Å². The molecule has 6 nitrogen and oxygen atoms in total. The predicted octanol–water partition coefficient (Wildman–Crippen LogP) is 3.26. The van der Waals surface area contributed by atoms with E-state index in [1.807, 2.05) is 6.92 Å². The van der Waals surface area contributed by atoms with Crippen molar-refractivity contribution in [2.75, 3.05) is 18.4 Å². The first-order valence-electron chi connectivity index (χ1n) is 8.55. The molecule has 146 valence electrons. The lowest BCUT2D eigenvalue weighted by atomic mass is 9.84. The van der Waals surface area contributed by atoms with Gasteiger partial charge in [0.25, 0.3) is 0 Å². The number of carbonyl (C=O) groups excluding carboxylic acids is 1. The summed E-state index contributed by atoms with van der Waals surface area (Å²) in [6, 6.07) is 4.42. The number of aryl methyl sites for hydroxylation is 1. The van der Waals surface area contributed by atoms with E-state index in [0.717, 1.165) is 17.8 Å². The number of amides is 2. The number of urea groups is 1. The van der Waals surface area contributed by atoms with E-state index < -0.39 is 17.3 Å². The zero-order chi connectivity index (χ0) is 19.8. The molecule has 2 N–H and O–H groups in total. The number of halogens is 3. The van der Waals surface area contributed by atoms with Crippen molar-refractivity contribution in [2.24, 2.45) is 7.05 Å². The summed E-state index contributed by atoms with van der Waals surface area (Å²) in [4.78, 5) is 13.9. The van der Waals surface area contributed by atoms with Crippen LogP contribution < -0.4 is 5.32 Å². The Morgan fingerprint density at radius 1 is 1.30 bits per heavy atom. The van der Waals surface area contributed by atoms with Gasteiger partial charge in [0.1, 0.15) is 0 Å². The molecule has 1 fully saturated rings. The van der Waals surface area contributed by atoms with Gasteiger partial charge in [0, 0.05) is 20.1 Å². The zero-order valence-corrected chi connectivity index (χ0v) is 15.0. The summed E-state index contributed by atoms with van der Waals surface area (Å²) in [5.74, 6) is 0. The summed E-state index contributed by atoms with van der Waals surface area (Å²) in [6.07, 6.45) is -2.59. The highest BCUT2D eigenvalue weighted by Crippen LogP contribution is 2.36. The number of nitrogens with one attached hydrogen (secondary N) is 1. The van der Waals surface area contributed by atoms with Gasteiger partial charge in [0.15, 0.2) is 0 Å². The van der Waals surface area contributed by atoms with Gasteiger partial charge in [0.2, 0.25) is 0 Å². The highest BCUT2D eigenvalue weighted by atomic mass is 19.4. The highest BCUT2D eigenvalue weighted by Gasteiger charge is 2.38. The highest BCUT2D eigenvalue weighted by molar-refractivity contribution is 5.89. The second kappa shape index (κ2) is 6.88. The van der Waals surface area contributed by atoms with E-state index in [2.05, 4.69) is 10.4 Å². The normalized spacial score (nSPS) is 17.0. The van der Waals surface area contributed by atoms with Gasteiger partial charge in [-0.1, -0.05) is 12.1 Å². The third-order valence-corrected chi connectivity index (χ3v) is 5.08. The average molecular weight is 382 g/mol. The van der Waals surface area contributed by atoms with Gasteiger partial charge in [-0.25, -0.2) is 4.79 Å². The maximum Gasteiger partial charge on any atom is 0.416 e. The van der Waals surface area contributed by atoms with Crippen molar-refractivity contribution in [1.82, 2.24) is 14.7 Å². The standard InChI is InChI=1S/C18H21F3N4O2/c1-12-15(11-22-24(12)2)23-16(26)25-8-6-17(27,7-9-25)13-4-3-5-14(10-13)18(19,20)21/h3-5,10-11,27H,6-9H2,1-2H3,(H,23,26). The molecule has 0 radical (unpaired) electrons. The smallest absolute Gasteiger partial charge is 0.385 e. The molecule has 0 unspecified atom stereocenters. The summed E-state index contributed by atoms with van der Waals surface area (Å²) in [5.41, 5.74) is -0.550. The van der Waals surface area contributed by atoms with Crippen LogP contribution in [0.2, 0.25) is 0 Å². The van der Waals surface area contributed by atoms with Crippen molar-refractivity contribution in [3.8, 4) is 0 Å². The van der Waals surface area contributed by atoms with Gasteiger partial charge in [-0.15, -0.1) is 0 Å². The van der Waals surface area contributed by atoms with Gasteiger partial charge in [-0.2, -0.15) is 18.3 Å². The first-order valence-corrected chi connectivity index (χ1v) is 8.55. The Hall–Kier alpha value is -2.55. The number of alkyl halides is 3. The first kappa shape index (κ1) is 19.2. The fourth-order valence-electron chi connectivity index (χ4n) is 3.17. The Balaban J connectivity index is 1.67. The van der Waals surface area contributed by atoms with Crippen LogP contribution in [-0.4, -0.2) is 38.9 Å². The van der Waals surface area contributed by atoms with Crippen LogP contribution in [-0.2, 0) is 18.8 Å². The van der Waals surface area contributed by atoms with Gasteiger partial charge >= 0.3 is 12.2 Å². The van der Waals surface area contributed by atoms with Crippen LogP contribution in [0.15, 0.2) is 30.5 Å². The number of aromatic nitrogens is 2. The minimum absolute atomic E-state index is 0.160. The van der Waals surface area contributed by atoms with Crippen molar-refractivity contribution < 1.29 is 23.1 Å². The van der Waals surface area contributed by atoms with Crippen LogP contribution >= 0.6 is 0 Å². The number of hydrogen-bond donors (Lipinski definition) is 2. The lowest BCUT2D eigenvalue weighted by molar-refractivity contribution is -0.137. The SMILES string of the molecule is Cc1c(NC(=O)N2CCC(O)(c3cccc(C(F)(F)F)c3)CC2)cnn1C. The fourth-order valence-corrected chi connectivity index (χ4v) is 3.17. The third kappa shape index (κ3) is 3.92. The largest absolute Gasteiger partial charge is 0.416 e. The molecule has 0 spiro atoms. The van der Waals surface area contributed by atoms with Crippen LogP contribution in [0.5, 0.6) is 0 Å². The number of nitrogens with zero attached hydrogens (tertiary/aromatic N) is 3. The molecule has 1 aliphatic heterocycles. The van der Waals surface area contributed by atoms with Crippen molar-refractivity contribution in [2.45, 2.75) is 31.5 Å². The third-order valence-electron chi connectivity index (χ3n) is 5.08. The average Bonchev–Trinajstić information content (AvgIpc) is 2.94. The van der Waals surface area contributed by atoms with Gasteiger partial charge in [-0.3, -0.25) is 4.68 Å². The molecule has 1 aromatic heterocycles. The molecule has 0 atom stereocenters. The summed E-state index contributed by atoms with van der Waals surface area (Å²) < 4.78 is 40.4. The van der Waals surface area contributed by atoms with E-state index in [0.29, 0.717) is 5.69 Å². The molecule has 9 heteroatoms. The van der Waals surface area contributed by atoms with E-state index in [9.17, 15) is 23.1 Å². The summed E-state index contributed by atoms with van der Waals surface area (Å²) in [6.45, 7) is 2.29. The quantitative estimate of drug-likeness (QED) is 0.838. The molecule has 0 bridgehead atoms. The molecule has 1 aliphatic rings. The van der Waals surface area contributed by atoms with Gasteiger partial charge in [0.05, 0.1) is 28.7 Å². The van der Waals surface area contributed by atoms with Crippen LogP contribution in [0.3, 0.4) is 0 Å². The molecule has 1 saturated heterocycles. The molecule has 0 aliphatic carbocycles. The van der Waals surface area contributed by atoms with Crippen LogP contribution in [0.1, 0.15) is 29.7 Å². The van der Waals surface area contributed by atoms with Crippen molar-refractivity contribution in [3.63, 3.8) is 0 Å². The predicted molar refractivity (Wildman–Crippen MR) is 93.1 cm³/mol. The van der Waals surface area contributed by atoms with Crippen molar-refractivity contribution >= 4 is 11.7 Å². The molecule has 3 rings (SSSR count). The Bertz CT molecular complexity index is 839. The molecular weight excluding hydrogens is 361 g/mol. The van der Waals surface area contributed by atoms with Gasteiger partial charge in [-0.05, 0) is 37.5 Å². The maximum atomic E-state index is 12.9. The molecule has 0 saturated carbocycles. The second-order valence-electron chi connectivity index (χ2n) is 6.79.